The molecule has 0 spiro atoms. The van der Waals surface area contributed by atoms with Crippen LogP contribution in [0.2, 0.25) is 5.02 Å². The van der Waals surface area contributed by atoms with Gasteiger partial charge in [-0.1, -0.05) is 24.4 Å². The van der Waals surface area contributed by atoms with Crippen molar-refractivity contribution in [1.29, 1.82) is 0 Å². The number of aromatic nitrogens is 2. The third kappa shape index (κ3) is 3.20. The van der Waals surface area contributed by atoms with E-state index in [4.69, 9.17) is 16.7 Å². The van der Waals surface area contributed by atoms with Gasteiger partial charge < -0.3 is 5.32 Å². The lowest BCUT2D eigenvalue weighted by molar-refractivity contribution is -0.137. The van der Waals surface area contributed by atoms with Crippen molar-refractivity contribution in [3.05, 3.63) is 40.0 Å². The Morgan fingerprint density at radius 2 is 1.88 bits per heavy atom. The lowest BCUT2D eigenvalue weighted by atomic mass is 9.97. The van der Waals surface area contributed by atoms with Crippen molar-refractivity contribution >= 4 is 17.4 Å². The first-order valence-electron chi connectivity index (χ1n) is 9.18. The predicted octanol–water partition coefficient (Wildman–Crippen LogP) is 5.95. The van der Waals surface area contributed by atoms with Crippen molar-refractivity contribution in [1.82, 2.24) is 9.78 Å². The number of alkyl halides is 3. The summed E-state index contributed by atoms with van der Waals surface area (Å²) >= 11 is 5.84. The van der Waals surface area contributed by atoms with E-state index in [-0.39, 0.29) is 10.7 Å². The van der Waals surface area contributed by atoms with E-state index in [1.54, 1.807) is 0 Å². The normalized spacial score (nSPS) is 18.5. The summed E-state index contributed by atoms with van der Waals surface area (Å²) < 4.78 is 42.3. The van der Waals surface area contributed by atoms with Gasteiger partial charge in [-0.05, 0) is 50.3 Å². The summed E-state index contributed by atoms with van der Waals surface area (Å²) in [5.41, 5.74) is 1.36. The molecule has 0 radical (unpaired) electrons. The second-order valence-corrected chi connectivity index (χ2v) is 7.59. The lowest BCUT2D eigenvalue weighted by Gasteiger charge is -2.16. The highest BCUT2D eigenvalue weighted by Gasteiger charge is 2.36. The quantitative estimate of drug-likeness (QED) is 0.694. The first-order chi connectivity index (χ1) is 12.4. The SMILES string of the molecule is FC(F)(F)c1cc(Cl)ccc1-n1nc(C2CCCC2)c2c1NCCCC2. The van der Waals surface area contributed by atoms with Crippen molar-refractivity contribution in [2.45, 2.75) is 57.0 Å². The summed E-state index contributed by atoms with van der Waals surface area (Å²) in [7, 11) is 0. The maximum absolute atomic E-state index is 13.6. The third-order valence-corrected chi connectivity index (χ3v) is 5.63. The average molecular weight is 384 g/mol. The average Bonchev–Trinajstić information content (AvgIpc) is 3.16. The van der Waals surface area contributed by atoms with Crippen LogP contribution in [0.5, 0.6) is 0 Å². The summed E-state index contributed by atoms with van der Waals surface area (Å²) in [6, 6.07) is 3.90. The van der Waals surface area contributed by atoms with Crippen LogP contribution in [0, 0.1) is 0 Å². The zero-order valence-corrected chi connectivity index (χ0v) is 15.1. The Morgan fingerprint density at radius 3 is 2.62 bits per heavy atom. The molecule has 1 N–H and O–H groups in total. The van der Waals surface area contributed by atoms with Crippen LogP contribution in [-0.4, -0.2) is 16.3 Å². The predicted molar refractivity (Wildman–Crippen MR) is 96.2 cm³/mol. The topological polar surface area (TPSA) is 29.9 Å². The zero-order chi connectivity index (χ0) is 18.3. The monoisotopic (exact) mass is 383 g/mol. The van der Waals surface area contributed by atoms with Crippen molar-refractivity contribution in [3.8, 4) is 5.69 Å². The summed E-state index contributed by atoms with van der Waals surface area (Å²) in [6.45, 7) is 0.748. The molecule has 0 bridgehead atoms. The first kappa shape index (κ1) is 17.7. The Balaban J connectivity index is 1.90. The maximum Gasteiger partial charge on any atom is 0.418 e. The van der Waals surface area contributed by atoms with Crippen LogP contribution in [0.4, 0.5) is 19.0 Å². The second kappa shape index (κ2) is 6.80. The van der Waals surface area contributed by atoms with Crippen LogP contribution in [0.3, 0.4) is 0 Å². The highest BCUT2D eigenvalue weighted by Crippen LogP contribution is 2.42. The molecule has 0 unspecified atom stereocenters. The molecular formula is C19H21ClF3N3. The molecule has 0 saturated heterocycles. The molecule has 2 aromatic rings. The van der Waals surface area contributed by atoms with Gasteiger partial charge in [0, 0.05) is 23.0 Å². The number of rotatable bonds is 2. The van der Waals surface area contributed by atoms with Crippen molar-refractivity contribution in [2.75, 3.05) is 11.9 Å². The largest absolute Gasteiger partial charge is 0.418 e. The van der Waals surface area contributed by atoms with Gasteiger partial charge in [0.2, 0.25) is 0 Å². The van der Waals surface area contributed by atoms with E-state index in [1.807, 2.05) is 0 Å². The van der Waals surface area contributed by atoms with E-state index in [0.717, 1.165) is 74.6 Å². The molecule has 1 aliphatic carbocycles. The molecule has 1 saturated carbocycles. The molecule has 26 heavy (non-hydrogen) atoms. The van der Waals surface area contributed by atoms with E-state index in [9.17, 15) is 13.2 Å². The molecule has 140 valence electrons. The van der Waals surface area contributed by atoms with Crippen LogP contribution >= 0.6 is 11.6 Å². The number of hydrogen-bond donors (Lipinski definition) is 1. The molecule has 1 aromatic heterocycles. The van der Waals surface area contributed by atoms with Crippen molar-refractivity contribution < 1.29 is 13.2 Å². The van der Waals surface area contributed by atoms with Crippen LogP contribution in [0.15, 0.2) is 18.2 Å². The summed E-state index contributed by atoms with van der Waals surface area (Å²) in [6.07, 6.45) is 2.86. The van der Waals surface area contributed by atoms with Crippen molar-refractivity contribution in [2.24, 2.45) is 0 Å². The van der Waals surface area contributed by atoms with Crippen LogP contribution in [-0.2, 0) is 12.6 Å². The Labute approximate surface area is 155 Å². The molecule has 4 rings (SSSR count). The molecule has 1 aliphatic heterocycles. The Kier molecular flexibility index (Phi) is 4.63. The van der Waals surface area contributed by atoms with Gasteiger partial charge in [-0.25, -0.2) is 4.68 Å². The molecule has 0 amide bonds. The fourth-order valence-corrected chi connectivity index (χ4v) is 4.32. The van der Waals surface area contributed by atoms with E-state index < -0.39 is 11.7 Å². The Morgan fingerprint density at radius 1 is 1.12 bits per heavy atom. The van der Waals surface area contributed by atoms with Crippen LogP contribution < -0.4 is 5.32 Å². The fourth-order valence-electron chi connectivity index (χ4n) is 4.15. The number of nitrogens with one attached hydrogen (secondary N) is 1. The molecular weight excluding hydrogens is 363 g/mol. The van der Waals surface area contributed by atoms with Gasteiger partial charge in [0.25, 0.3) is 0 Å². The maximum atomic E-state index is 13.6. The minimum absolute atomic E-state index is 0.0387. The van der Waals surface area contributed by atoms with Gasteiger partial charge in [0.05, 0.1) is 16.9 Å². The van der Waals surface area contributed by atoms with Gasteiger partial charge in [-0.15, -0.1) is 0 Å². The number of fused-ring (bicyclic) bond motifs is 1. The van der Waals surface area contributed by atoms with E-state index in [1.165, 1.54) is 16.8 Å². The molecule has 0 atom stereocenters. The van der Waals surface area contributed by atoms with Gasteiger partial charge in [-0.3, -0.25) is 0 Å². The number of hydrogen-bond acceptors (Lipinski definition) is 2. The summed E-state index contributed by atoms with van der Waals surface area (Å²) in [4.78, 5) is 0. The molecule has 2 heterocycles. The zero-order valence-electron chi connectivity index (χ0n) is 14.4. The summed E-state index contributed by atoms with van der Waals surface area (Å²) in [5.74, 6) is 1.07. The van der Waals surface area contributed by atoms with Crippen LogP contribution in [0.1, 0.15) is 61.3 Å². The van der Waals surface area contributed by atoms with Crippen LogP contribution in [0.25, 0.3) is 5.69 Å². The van der Waals surface area contributed by atoms with E-state index >= 15 is 0 Å². The minimum Gasteiger partial charge on any atom is -0.370 e. The molecule has 3 nitrogen and oxygen atoms in total. The molecule has 1 aromatic carbocycles. The fraction of sp³-hybridized carbons (Fsp3) is 0.526. The standard InChI is InChI=1S/C19H21ClF3N3/c20-13-8-9-16(15(11-13)19(21,22)23)26-18-14(7-3-4-10-24-18)17(25-26)12-5-1-2-6-12/h8-9,11-12,24H,1-7,10H2. The van der Waals surface area contributed by atoms with Gasteiger partial charge in [-0.2, -0.15) is 18.3 Å². The van der Waals surface area contributed by atoms with E-state index in [0.29, 0.717) is 5.92 Å². The molecule has 2 aliphatic rings. The van der Waals surface area contributed by atoms with Gasteiger partial charge in [0.15, 0.2) is 0 Å². The van der Waals surface area contributed by atoms with E-state index in [2.05, 4.69) is 5.32 Å². The number of benzene rings is 1. The highest BCUT2D eigenvalue weighted by atomic mass is 35.5. The number of anilines is 1. The van der Waals surface area contributed by atoms with Gasteiger partial charge >= 0.3 is 6.18 Å². The molecule has 7 heteroatoms. The smallest absolute Gasteiger partial charge is 0.370 e. The lowest BCUT2D eigenvalue weighted by Crippen LogP contribution is -2.14. The first-order valence-corrected chi connectivity index (χ1v) is 9.56. The number of nitrogens with zero attached hydrogens (tertiary/aromatic N) is 2. The minimum atomic E-state index is -4.49. The highest BCUT2D eigenvalue weighted by molar-refractivity contribution is 6.30. The molecule has 1 fully saturated rings. The Hall–Kier alpha value is -1.69. The Bertz CT molecular complexity index is 807. The third-order valence-electron chi connectivity index (χ3n) is 5.39. The number of halogens is 4. The second-order valence-electron chi connectivity index (χ2n) is 7.15. The van der Waals surface area contributed by atoms with Crippen molar-refractivity contribution in [3.63, 3.8) is 0 Å². The summed E-state index contributed by atoms with van der Waals surface area (Å²) in [5, 5.41) is 8.10. The van der Waals surface area contributed by atoms with Gasteiger partial charge in [0.1, 0.15) is 5.82 Å².